The van der Waals surface area contributed by atoms with E-state index >= 15 is 0 Å². The highest BCUT2D eigenvalue weighted by Gasteiger charge is 2.22. The molecule has 1 aromatic carbocycles. The highest BCUT2D eigenvalue weighted by molar-refractivity contribution is 7.22. The van der Waals surface area contributed by atoms with Gasteiger partial charge in [0, 0.05) is 51.1 Å². The third kappa shape index (κ3) is 3.17. The van der Waals surface area contributed by atoms with E-state index in [1.165, 1.54) is 17.4 Å². The van der Waals surface area contributed by atoms with Crippen LogP contribution in [0.15, 0.2) is 24.5 Å². The molecule has 0 radical (unpaired) electrons. The van der Waals surface area contributed by atoms with Crippen LogP contribution < -0.4 is 9.80 Å². The molecule has 0 N–H and O–H groups in total. The summed E-state index contributed by atoms with van der Waals surface area (Å²) in [7, 11) is 0. The minimum absolute atomic E-state index is 0.231. The summed E-state index contributed by atoms with van der Waals surface area (Å²) >= 11 is 1.32. The Hall–Kier alpha value is -2.88. The van der Waals surface area contributed by atoms with Gasteiger partial charge in [-0.15, -0.1) is 10.2 Å². The third-order valence-corrected chi connectivity index (χ3v) is 6.23. The maximum atomic E-state index is 14.0. The van der Waals surface area contributed by atoms with Crippen molar-refractivity contribution in [1.82, 2.24) is 24.6 Å². The maximum absolute atomic E-state index is 14.0. The molecular weight excluding hydrogens is 396 g/mol. The van der Waals surface area contributed by atoms with Crippen LogP contribution in [-0.4, -0.2) is 50.7 Å². The van der Waals surface area contributed by atoms with Crippen LogP contribution in [0.4, 0.5) is 19.7 Å². The minimum Gasteiger partial charge on any atom is -0.352 e. The van der Waals surface area contributed by atoms with Crippen LogP contribution in [0.25, 0.3) is 15.9 Å². The molecule has 29 heavy (non-hydrogen) atoms. The molecule has 0 saturated carbocycles. The van der Waals surface area contributed by atoms with E-state index in [1.807, 2.05) is 17.5 Å². The smallest absolute Gasteiger partial charge is 0.203 e. The lowest BCUT2D eigenvalue weighted by atomic mass is 10.3. The molecule has 0 aliphatic carbocycles. The van der Waals surface area contributed by atoms with Gasteiger partial charge >= 0.3 is 0 Å². The zero-order valence-electron chi connectivity index (χ0n) is 15.8. The molecule has 0 atom stereocenters. The summed E-state index contributed by atoms with van der Waals surface area (Å²) in [5, 5.41) is 9.30. The Balaban J connectivity index is 1.41. The van der Waals surface area contributed by atoms with Crippen LogP contribution in [0.3, 0.4) is 0 Å². The van der Waals surface area contributed by atoms with Gasteiger partial charge in [0.25, 0.3) is 0 Å². The topological polar surface area (TPSA) is 62.5 Å². The van der Waals surface area contributed by atoms with Crippen LogP contribution in [-0.2, 0) is 6.42 Å². The van der Waals surface area contributed by atoms with E-state index in [1.54, 1.807) is 6.20 Å². The molecule has 1 saturated heterocycles. The van der Waals surface area contributed by atoms with Crippen molar-refractivity contribution in [2.75, 3.05) is 36.0 Å². The lowest BCUT2D eigenvalue weighted by Gasteiger charge is -2.22. The average Bonchev–Trinajstić information content (AvgIpc) is 3.25. The first-order valence-electron chi connectivity index (χ1n) is 9.58. The SMILES string of the molecule is CCc1nnc2c(N3CCCN(c4nc5c(F)cc(F)cc5s4)CC3)nccn12. The summed E-state index contributed by atoms with van der Waals surface area (Å²) in [6.07, 6.45) is 5.35. The van der Waals surface area contributed by atoms with Crippen molar-refractivity contribution >= 4 is 38.2 Å². The normalized spacial score (nSPS) is 15.4. The first-order valence-corrected chi connectivity index (χ1v) is 10.4. The van der Waals surface area contributed by atoms with E-state index in [9.17, 15) is 8.78 Å². The van der Waals surface area contributed by atoms with Crippen LogP contribution in [0.5, 0.6) is 0 Å². The molecule has 1 fully saturated rings. The predicted octanol–water partition coefficient (Wildman–Crippen LogP) is 3.29. The number of fused-ring (bicyclic) bond motifs is 2. The molecule has 0 amide bonds. The Kier molecular flexibility index (Phi) is 4.50. The van der Waals surface area contributed by atoms with Gasteiger partial charge in [-0.1, -0.05) is 18.3 Å². The molecule has 4 aromatic rings. The molecular formula is C19H19F2N7S. The van der Waals surface area contributed by atoms with E-state index in [0.717, 1.165) is 55.8 Å². The molecule has 4 heterocycles. The third-order valence-electron chi connectivity index (χ3n) is 5.16. The number of hydrogen-bond donors (Lipinski definition) is 0. The standard InChI is InChI=1S/C19H19F2N7S/c1-2-15-24-25-18-17(22-4-7-28(15)18)26-5-3-6-27(9-8-26)19-23-16-13(21)10-12(20)11-14(16)29-19/h4,7,10-11H,2-3,5-6,8-9H2,1H3. The van der Waals surface area contributed by atoms with Crippen LogP contribution in [0.2, 0.25) is 0 Å². The summed E-state index contributed by atoms with van der Waals surface area (Å²) in [4.78, 5) is 13.3. The zero-order valence-corrected chi connectivity index (χ0v) is 16.7. The first kappa shape index (κ1) is 18.2. The summed E-state index contributed by atoms with van der Waals surface area (Å²) in [6.45, 7) is 5.10. The molecule has 1 aliphatic heterocycles. The number of anilines is 2. The molecule has 0 spiro atoms. The van der Waals surface area contributed by atoms with Crippen LogP contribution in [0.1, 0.15) is 19.2 Å². The molecule has 3 aromatic heterocycles. The molecule has 0 unspecified atom stereocenters. The Morgan fingerprint density at radius 1 is 1.07 bits per heavy atom. The molecule has 7 nitrogen and oxygen atoms in total. The number of rotatable bonds is 3. The fraction of sp³-hybridized carbons (Fsp3) is 0.368. The number of thiazole rings is 1. The number of nitrogens with zero attached hydrogens (tertiary/aromatic N) is 7. The fourth-order valence-corrected chi connectivity index (χ4v) is 4.78. The van der Waals surface area contributed by atoms with Gasteiger partial charge in [0.2, 0.25) is 5.65 Å². The highest BCUT2D eigenvalue weighted by Crippen LogP contribution is 2.32. The number of benzene rings is 1. The molecule has 10 heteroatoms. The van der Waals surface area contributed by atoms with Crippen LogP contribution in [0, 0.1) is 11.6 Å². The van der Waals surface area contributed by atoms with E-state index < -0.39 is 11.6 Å². The van der Waals surface area contributed by atoms with Gasteiger partial charge in [0.1, 0.15) is 17.2 Å². The second-order valence-electron chi connectivity index (χ2n) is 6.97. The Morgan fingerprint density at radius 2 is 1.90 bits per heavy atom. The Labute approximate surface area is 169 Å². The lowest BCUT2D eigenvalue weighted by Crippen LogP contribution is -2.31. The van der Waals surface area contributed by atoms with Gasteiger partial charge in [-0.2, -0.15) is 0 Å². The number of hydrogen-bond acceptors (Lipinski definition) is 7. The van der Waals surface area contributed by atoms with Gasteiger partial charge in [-0.3, -0.25) is 4.40 Å². The van der Waals surface area contributed by atoms with Crippen molar-refractivity contribution in [2.45, 2.75) is 19.8 Å². The summed E-state index contributed by atoms with van der Waals surface area (Å²) < 4.78 is 30.0. The summed E-state index contributed by atoms with van der Waals surface area (Å²) in [6, 6.07) is 2.22. The number of aromatic nitrogens is 5. The van der Waals surface area contributed by atoms with Crippen molar-refractivity contribution in [1.29, 1.82) is 0 Å². The number of aryl methyl sites for hydroxylation is 1. The van der Waals surface area contributed by atoms with E-state index in [2.05, 4.69) is 30.0 Å². The minimum atomic E-state index is -0.617. The van der Waals surface area contributed by atoms with E-state index in [-0.39, 0.29) is 5.52 Å². The monoisotopic (exact) mass is 415 g/mol. The average molecular weight is 415 g/mol. The maximum Gasteiger partial charge on any atom is 0.203 e. The van der Waals surface area contributed by atoms with Crippen molar-refractivity contribution in [3.8, 4) is 0 Å². The zero-order chi connectivity index (χ0) is 20.0. The van der Waals surface area contributed by atoms with Crippen molar-refractivity contribution in [3.63, 3.8) is 0 Å². The Bertz CT molecular complexity index is 1190. The molecule has 0 bridgehead atoms. The van der Waals surface area contributed by atoms with Crippen molar-refractivity contribution < 1.29 is 8.78 Å². The van der Waals surface area contributed by atoms with Gasteiger partial charge in [0.05, 0.1) is 4.70 Å². The highest BCUT2D eigenvalue weighted by atomic mass is 32.1. The van der Waals surface area contributed by atoms with Gasteiger partial charge in [0.15, 0.2) is 16.8 Å². The van der Waals surface area contributed by atoms with Gasteiger partial charge in [-0.25, -0.2) is 18.7 Å². The second-order valence-corrected chi connectivity index (χ2v) is 7.98. The molecule has 5 rings (SSSR count). The number of halogens is 2. The summed E-state index contributed by atoms with van der Waals surface area (Å²) in [5.41, 5.74) is 0.991. The Morgan fingerprint density at radius 3 is 2.76 bits per heavy atom. The largest absolute Gasteiger partial charge is 0.352 e. The first-order chi connectivity index (χ1) is 14.1. The van der Waals surface area contributed by atoms with Crippen molar-refractivity contribution in [3.05, 3.63) is 42.0 Å². The van der Waals surface area contributed by atoms with E-state index in [4.69, 9.17) is 0 Å². The van der Waals surface area contributed by atoms with Crippen LogP contribution >= 0.6 is 11.3 Å². The van der Waals surface area contributed by atoms with Crippen molar-refractivity contribution in [2.24, 2.45) is 0 Å². The molecule has 150 valence electrons. The summed E-state index contributed by atoms with van der Waals surface area (Å²) in [5.74, 6) is 0.530. The predicted molar refractivity (Wildman–Crippen MR) is 109 cm³/mol. The fourth-order valence-electron chi connectivity index (χ4n) is 3.73. The van der Waals surface area contributed by atoms with Gasteiger partial charge in [-0.05, 0) is 12.5 Å². The molecule has 1 aliphatic rings. The lowest BCUT2D eigenvalue weighted by molar-refractivity contribution is 0.591. The quantitative estimate of drug-likeness (QED) is 0.512. The van der Waals surface area contributed by atoms with Gasteiger partial charge < -0.3 is 9.80 Å². The van der Waals surface area contributed by atoms with E-state index in [0.29, 0.717) is 16.4 Å². The second kappa shape index (κ2) is 7.18.